The first-order valence-electron chi connectivity index (χ1n) is 9.31. The average Bonchev–Trinajstić information content (AvgIpc) is 3.23. The van der Waals surface area contributed by atoms with Gasteiger partial charge in [-0.25, -0.2) is 8.78 Å². The second-order valence-corrected chi connectivity index (χ2v) is 7.53. The molecule has 0 saturated carbocycles. The molecule has 1 unspecified atom stereocenters. The number of rotatable bonds is 9. The second-order valence-electron chi connectivity index (χ2n) is 6.60. The van der Waals surface area contributed by atoms with Crippen molar-refractivity contribution in [2.45, 2.75) is 24.8 Å². The molecule has 3 rings (SSSR count). The molecule has 0 aliphatic heterocycles. The normalized spacial score (nSPS) is 11.8. The lowest BCUT2D eigenvalue weighted by Crippen LogP contribution is -2.27. The number of carbonyl (C=O) groups is 1. The number of hydrogen-bond donors (Lipinski definition) is 0. The van der Waals surface area contributed by atoms with Crippen molar-refractivity contribution in [1.29, 1.82) is 0 Å². The number of nitrogens with zero attached hydrogens (tertiary/aromatic N) is 3. The van der Waals surface area contributed by atoms with Gasteiger partial charge in [0.15, 0.2) is 29.2 Å². The summed E-state index contributed by atoms with van der Waals surface area (Å²) in [5, 5.41) is 7.97. The van der Waals surface area contributed by atoms with Crippen molar-refractivity contribution in [3.8, 4) is 11.5 Å². The molecular weight excluding hydrogens is 428 g/mol. The van der Waals surface area contributed by atoms with Crippen LogP contribution in [0, 0.1) is 11.6 Å². The van der Waals surface area contributed by atoms with E-state index >= 15 is 0 Å². The molecule has 1 heterocycles. The Morgan fingerprint density at radius 1 is 1.16 bits per heavy atom. The first-order valence-corrected chi connectivity index (χ1v) is 10.3. The standard InChI is InChI=1S/C21H21F2N3O4S/c1-13(29-18-7-5-4-6-15(18)22)20-24-25-21(30-20)31-12-19(27)26(2)11-14-8-9-17(28-3)16(23)10-14/h4-10,13H,11-12H2,1-3H3. The van der Waals surface area contributed by atoms with Gasteiger partial charge in [-0.15, -0.1) is 10.2 Å². The summed E-state index contributed by atoms with van der Waals surface area (Å²) in [4.78, 5) is 13.8. The Kier molecular flexibility index (Phi) is 7.45. The summed E-state index contributed by atoms with van der Waals surface area (Å²) >= 11 is 1.07. The molecule has 1 amide bonds. The molecule has 0 bridgehead atoms. The third-order valence-electron chi connectivity index (χ3n) is 4.29. The van der Waals surface area contributed by atoms with Gasteiger partial charge in [-0.05, 0) is 36.8 Å². The van der Waals surface area contributed by atoms with Gasteiger partial charge < -0.3 is 18.8 Å². The van der Waals surface area contributed by atoms with Gasteiger partial charge in [0.05, 0.1) is 12.9 Å². The molecule has 1 aromatic heterocycles. The van der Waals surface area contributed by atoms with Gasteiger partial charge in [-0.1, -0.05) is 30.0 Å². The van der Waals surface area contributed by atoms with Crippen LogP contribution >= 0.6 is 11.8 Å². The van der Waals surface area contributed by atoms with Crippen molar-refractivity contribution in [2.24, 2.45) is 0 Å². The van der Waals surface area contributed by atoms with Crippen LogP contribution in [0.1, 0.15) is 24.5 Å². The Morgan fingerprint density at radius 3 is 2.65 bits per heavy atom. The van der Waals surface area contributed by atoms with Crippen LogP contribution in [0.2, 0.25) is 0 Å². The Bertz CT molecular complexity index is 1050. The summed E-state index contributed by atoms with van der Waals surface area (Å²) in [6.07, 6.45) is -0.665. The van der Waals surface area contributed by atoms with Crippen molar-refractivity contribution in [3.05, 3.63) is 65.6 Å². The van der Waals surface area contributed by atoms with Crippen LogP contribution < -0.4 is 9.47 Å². The topological polar surface area (TPSA) is 77.7 Å². The first-order chi connectivity index (χ1) is 14.9. The summed E-state index contributed by atoms with van der Waals surface area (Å²) in [5.41, 5.74) is 0.637. The monoisotopic (exact) mass is 449 g/mol. The zero-order chi connectivity index (χ0) is 22.4. The van der Waals surface area contributed by atoms with Crippen molar-refractivity contribution in [3.63, 3.8) is 0 Å². The van der Waals surface area contributed by atoms with E-state index in [4.69, 9.17) is 13.9 Å². The lowest BCUT2D eigenvalue weighted by molar-refractivity contribution is -0.127. The minimum atomic E-state index is -0.665. The van der Waals surface area contributed by atoms with Crippen molar-refractivity contribution < 1.29 is 27.5 Å². The molecule has 0 aliphatic carbocycles. The SMILES string of the molecule is COc1ccc(CN(C)C(=O)CSc2nnc(C(C)Oc3ccccc3F)o2)cc1F. The van der Waals surface area contributed by atoms with E-state index < -0.39 is 17.7 Å². The number of benzene rings is 2. The van der Waals surface area contributed by atoms with E-state index in [1.54, 1.807) is 32.2 Å². The van der Waals surface area contributed by atoms with Crippen molar-refractivity contribution in [1.82, 2.24) is 15.1 Å². The summed E-state index contributed by atoms with van der Waals surface area (Å²) in [7, 11) is 3.01. The van der Waals surface area contributed by atoms with Crippen LogP contribution in [0.15, 0.2) is 52.1 Å². The molecular formula is C21H21F2N3O4S. The summed E-state index contributed by atoms with van der Waals surface area (Å²) < 4.78 is 43.4. The zero-order valence-electron chi connectivity index (χ0n) is 17.2. The van der Waals surface area contributed by atoms with Gasteiger partial charge in [0.2, 0.25) is 5.91 Å². The minimum absolute atomic E-state index is 0.0549. The Balaban J connectivity index is 1.52. The van der Waals surface area contributed by atoms with Crippen LogP contribution in [0.4, 0.5) is 8.78 Å². The highest BCUT2D eigenvalue weighted by atomic mass is 32.2. The summed E-state index contributed by atoms with van der Waals surface area (Å²) in [5.74, 6) is -0.729. The van der Waals surface area contributed by atoms with Crippen LogP contribution in [-0.4, -0.2) is 40.9 Å². The van der Waals surface area contributed by atoms with E-state index in [1.165, 1.54) is 36.3 Å². The Morgan fingerprint density at radius 2 is 1.94 bits per heavy atom. The van der Waals surface area contributed by atoms with E-state index in [9.17, 15) is 13.6 Å². The van der Waals surface area contributed by atoms with E-state index in [0.717, 1.165) is 11.8 Å². The predicted molar refractivity (Wildman–Crippen MR) is 110 cm³/mol. The quantitative estimate of drug-likeness (QED) is 0.452. The average molecular weight is 449 g/mol. The highest BCUT2D eigenvalue weighted by molar-refractivity contribution is 7.99. The summed E-state index contributed by atoms with van der Waals surface area (Å²) in [6, 6.07) is 10.6. The maximum absolute atomic E-state index is 13.8. The second kappa shape index (κ2) is 10.3. The number of methoxy groups -OCH3 is 1. The molecule has 0 saturated heterocycles. The lowest BCUT2D eigenvalue weighted by atomic mass is 10.2. The molecule has 7 nitrogen and oxygen atoms in total. The number of ether oxygens (including phenoxy) is 2. The maximum Gasteiger partial charge on any atom is 0.277 e. The molecule has 10 heteroatoms. The van der Waals surface area contributed by atoms with Gasteiger partial charge >= 0.3 is 0 Å². The van der Waals surface area contributed by atoms with Crippen LogP contribution in [-0.2, 0) is 11.3 Å². The lowest BCUT2D eigenvalue weighted by Gasteiger charge is -2.17. The molecule has 164 valence electrons. The Labute approximate surface area is 182 Å². The van der Waals surface area contributed by atoms with E-state index in [1.807, 2.05) is 0 Å². The van der Waals surface area contributed by atoms with Crippen molar-refractivity contribution in [2.75, 3.05) is 19.9 Å². The number of para-hydroxylation sites is 1. The van der Waals surface area contributed by atoms with Crippen LogP contribution in [0.3, 0.4) is 0 Å². The number of thioether (sulfide) groups is 1. The van der Waals surface area contributed by atoms with Crippen molar-refractivity contribution >= 4 is 17.7 Å². The minimum Gasteiger partial charge on any atom is -0.494 e. The number of halogens is 2. The van der Waals surface area contributed by atoms with E-state index in [-0.39, 0.29) is 40.8 Å². The van der Waals surface area contributed by atoms with E-state index in [2.05, 4.69) is 10.2 Å². The molecule has 0 radical (unpaired) electrons. The maximum atomic E-state index is 13.8. The number of carbonyl (C=O) groups excluding carboxylic acids is 1. The Hall–Kier alpha value is -3.14. The molecule has 0 N–H and O–H groups in total. The summed E-state index contributed by atoms with van der Waals surface area (Å²) in [6.45, 7) is 1.89. The third-order valence-corrected chi connectivity index (χ3v) is 5.09. The number of hydrogen-bond acceptors (Lipinski definition) is 7. The van der Waals surface area contributed by atoms with Gasteiger partial charge in [-0.2, -0.15) is 0 Å². The van der Waals surface area contributed by atoms with Gasteiger partial charge in [0.25, 0.3) is 11.1 Å². The molecule has 31 heavy (non-hydrogen) atoms. The largest absolute Gasteiger partial charge is 0.494 e. The smallest absolute Gasteiger partial charge is 0.277 e. The number of amides is 1. The molecule has 3 aromatic rings. The zero-order valence-corrected chi connectivity index (χ0v) is 18.0. The fourth-order valence-corrected chi connectivity index (χ4v) is 3.34. The first kappa shape index (κ1) is 22.5. The van der Waals surface area contributed by atoms with E-state index in [0.29, 0.717) is 5.56 Å². The molecule has 0 fully saturated rings. The molecule has 1 atom stereocenters. The molecule has 0 aliphatic rings. The van der Waals surface area contributed by atoms with Crippen LogP contribution in [0.25, 0.3) is 0 Å². The molecule has 2 aromatic carbocycles. The highest BCUT2D eigenvalue weighted by Gasteiger charge is 2.19. The van der Waals surface area contributed by atoms with Gasteiger partial charge in [-0.3, -0.25) is 4.79 Å². The van der Waals surface area contributed by atoms with Gasteiger partial charge in [0.1, 0.15) is 0 Å². The fourth-order valence-electron chi connectivity index (χ4n) is 2.63. The fraction of sp³-hybridized carbons (Fsp3) is 0.286. The van der Waals surface area contributed by atoms with Gasteiger partial charge in [0, 0.05) is 13.6 Å². The highest BCUT2D eigenvalue weighted by Crippen LogP contribution is 2.26. The third kappa shape index (κ3) is 5.94. The predicted octanol–water partition coefficient (Wildman–Crippen LogP) is 4.25. The number of aromatic nitrogens is 2. The van der Waals surface area contributed by atoms with Crippen LogP contribution in [0.5, 0.6) is 11.5 Å². The molecule has 0 spiro atoms.